The molecule has 0 aliphatic carbocycles. The lowest BCUT2D eigenvalue weighted by molar-refractivity contribution is -0.114. The average Bonchev–Trinajstić information content (AvgIpc) is 3.07. The lowest BCUT2D eigenvalue weighted by Crippen LogP contribution is -2.29. The lowest BCUT2D eigenvalue weighted by Gasteiger charge is -2.06. The standard InChI is InChI=1S/C21H23N5O3/c1-13(2)12-22-21(29)19-25-18(17-6-4-5-11-26(17)19)20(28)24-16-9-7-15(8-10-16)23-14(3)27/h4-11,13H,12H2,1-3H3,(H,22,29)(H,23,27)(H,24,28). The van der Waals surface area contributed by atoms with Gasteiger partial charge in [-0.3, -0.25) is 18.8 Å². The van der Waals surface area contributed by atoms with Crippen molar-refractivity contribution in [3.63, 3.8) is 0 Å². The Morgan fingerprint density at radius 1 is 0.966 bits per heavy atom. The highest BCUT2D eigenvalue weighted by Crippen LogP contribution is 2.18. The van der Waals surface area contributed by atoms with E-state index in [-0.39, 0.29) is 23.3 Å². The Labute approximate surface area is 168 Å². The van der Waals surface area contributed by atoms with E-state index in [1.807, 2.05) is 13.8 Å². The van der Waals surface area contributed by atoms with Gasteiger partial charge in [-0.15, -0.1) is 0 Å². The summed E-state index contributed by atoms with van der Waals surface area (Å²) in [5.74, 6) is -0.474. The molecule has 2 heterocycles. The molecule has 0 fully saturated rings. The van der Waals surface area contributed by atoms with Crippen molar-refractivity contribution in [2.45, 2.75) is 20.8 Å². The second kappa shape index (κ2) is 8.55. The molecule has 0 bridgehead atoms. The molecule has 150 valence electrons. The maximum absolute atomic E-state index is 12.8. The normalized spacial score (nSPS) is 10.8. The van der Waals surface area contributed by atoms with Crippen molar-refractivity contribution in [2.75, 3.05) is 17.2 Å². The van der Waals surface area contributed by atoms with E-state index in [9.17, 15) is 14.4 Å². The Morgan fingerprint density at radius 3 is 2.24 bits per heavy atom. The summed E-state index contributed by atoms with van der Waals surface area (Å²) in [5.41, 5.74) is 1.87. The number of hydrogen-bond donors (Lipinski definition) is 3. The minimum absolute atomic E-state index is 0.159. The highest BCUT2D eigenvalue weighted by molar-refractivity contribution is 6.09. The number of imidazole rings is 1. The summed E-state index contributed by atoms with van der Waals surface area (Å²) in [6.45, 7) is 5.94. The molecule has 3 N–H and O–H groups in total. The number of nitrogens with zero attached hydrogens (tertiary/aromatic N) is 2. The molecule has 0 saturated heterocycles. The molecule has 3 rings (SSSR count). The van der Waals surface area contributed by atoms with Gasteiger partial charge in [-0.05, 0) is 42.3 Å². The molecule has 3 aromatic rings. The van der Waals surface area contributed by atoms with E-state index in [2.05, 4.69) is 20.9 Å². The first-order valence-corrected chi connectivity index (χ1v) is 9.29. The number of amides is 3. The first-order chi connectivity index (χ1) is 13.8. The number of nitrogens with one attached hydrogen (secondary N) is 3. The fourth-order valence-corrected chi connectivity index (χ4v) is 2.77. The lowest BCUT2D eigenvalue weighted by atomic mass is 10.2. The predicted octanol–water partition coefficient (Wildman–Crippen LogP) is 2.93. The molecule has 3 amide bonds. The monoisotopic (exact) mass is 393 g/mol. The van der Waals surface area contributed by atoms with Crippen molar-refractivity contribution in [1.82, 2.24) is 14.7 Å². The first-order valence-electron chi connectivity index (χ1n) is 9.29. The Bertz CT molecular complexity index is 1050. The Balaban J connectivity index is 1.84. The molecule has 29 heavy (non-hydrogen) atoms. The molecule has 0 aliphatic heterocycles. The molecule has 0 atom stereocenters. The van der Waals surface area contributed by atoms with Gasteiger partial charge in [-0.1, -0.05) is 19.9 Å². The summed E-state index contributed by atoms with van der Waals surface area (Å²) in [6, 6.07) is 12.0. The van der Waals surface area contributed by atoms with E-state index < -0.39 is 5.91 Å². The van der Waals surface area contributed by atoms with Gasteiger partial charge in [-0.2, -0.15) is 0 Å². The quantitative estimate of drug-likeness (QED) is 0.599. The Morgan fingerprint density at radius 2 is 1.62 bits per heavy atom. The number of carbonyl (C=O) groups is 3. The van der Waals surface area contributed by atoms with Crippen molar-refractivity contribution in [1.29, 1.82) is 0 Å². The van der Waals surface area contributed by atoms with Crippen LogP contribution in [0.5, 0.6) is 0 Å². The minimum atomic E-state index is -0.427. The molecule has 0 unspecified atom stereocenters. The van der Waals surface area contributed by atoms with Crippen molar-refractivity contribution in [3.05, 3.63) is 60.2 Å². The minimum Gasteiger partial charge on any atom is -0.349 e. The fraction of sp³-hybridized carbons (Fsp3) is 0.238. The van der Waals surface area contributed by atoms with Crippen LogP contribution in [0.3, 0.4) is 0 Å². The van der Waals surface area contributed by atoms with Crippen LogP contribution < -0.4 is 16.0 Å². The van der Waals surface area contributed by atoms with Gasteiger partial charge in [0.2, 0.25) is 11.7 Å². The topological polar surface area (TPSA) is 105 Å². The summed E-state index contributed by atoms with van der Waals surface area (Å²) < 4.78 is 1.60. The van der Waals surface area contributed by atoms with Crippen LogP contribution in [0.2, 0.25) is 0 Å². The van der Waals surface area contributed by atoms with Crippen LogP contribution in [0.1, 0.15) is 41.9 Å². The third kappa shape index (κ3) is 4.78. The van der Waals surface area contributed by atoms with Gasteiger partial charge in [-0.25, -0.2) is 4.98 Å². The van der Waals surface area contributed by atoms with E-state index in [0.717, 1.165) is 0 Å². The van der Waals surface area contributed by atoms with Gasteiger partial charge < -0.3 is 16.0 Å². The molecule has 8 nitrogen and oxygen atoms in total. The Hall–Kier alpha value is -3.68. The maximum Gasteiger partial charge on any atom is 0.287 e. The first kappa shape index (κ1) is 20.1. The second-order valence-corrected chi connectivity index (χ2v) is 7.06. The van der Waals surface area contributed by atoms with Crippen LogP contribution in [0, 0.1) is 5.92 Å². The van der Waals surface area contributed by atoms with Gasteiger partial charge in [0.1, 0.15) is 0 Å². The highest BCUT2D eigenvalue weighted by atomic mass is 16.2. The molecule has 0 radical (unpaired) electrons. The smallest absolute Gasteiger partial charge is 0.287 e. The summed E-state index contributed by atoms with van der Waals surface area (Å²) in [7, 11) is 0. The summed E-state index contributed by atoms with van der Waals surface area (Å²) >= 11 is 0. The average molecular weight is 393 g/mol. The largest absolute Gasteiger partial charge is 0.349 e. The summed E-state index contributed by atoms with van der Waals surface area (Å²) in [4.78, 5) is 40.7. The van der Waals surface area contributed by atoms with Gasteiger partial charge in [0, 0.05) is 31.0 Å². The Kier molecular flexibility index (Phi) is 5.92. The van der Waals surface area contributed by atoms with E-state index in [4.69, 9.17) is 0 Å². The molecule has 0 aliphatic rings. The highest BCUT2D eigenvalue weighted by Gasteiger charge is 2.21. The molecule has 0 spiro atoms. The van der Waals surface area contributed by atoms with Gasteiger partial charge >= 0.3 is 0 Å². The van der Waals surface area contributed by atoms with Gasteiger partial charge in [0.15, 0.2) is 5.69 Å². The predicted molar refractivity (Wildman–Crippen MR) is 111 cm³/mol. The summed E-state index contributed by atoms with van der Waals surface area (Å²) in [6.07, 6.45) is 1.70. The molecular formula is C21H23N5O3. The number of rotatable bonds is 6. The molecule has 0 saturated carbocycles. The zero-order valence-electron chi connectivity index (χ0n) is 16.5. The molecular weight excluding hydrogens is 370 g/mol. The van der Waals surface area contributed by atoms with Crippen LogP contribution in [-0.4, -0.2) is 33.7 Å². The van der Waals surface area contributed by atoms with Gasteiger partial charge in [0.25, 0.3) is 11.8 Å². The van der Waals surface area contributed by atoms with E-state index in [1.165, 1.54) is 6.92 Å². The number of anilines is 2. The zero-order valence-corrected chi connectivity index (χ0v) is 16.5. The van der Waals surface area contributed by atoms with Crippen LogP contribution in [0.4, 0.5) is 11.4 Å². The van der Waals surface area contributed by atoms with Crippen molar-refractivity contribution < 1.29 is 14.4 Å². The number of benzene rings is 1. The van der Waals surface area contributed by atoms with Crippen molar-refractivity contribution >= 4 is 34.6 Å². The molecule has 1 aromatic carbocycles. The maximum atomic E-state index is 12.8. The third-order valence-electron chi connectivity index (χ3n) is 4.10. The van der Waals surface area contributed by atoms with Crippen LogP contribution in [0.25, 0.3) is 5.52 Å². The van der Waals surface area contributed by atoms with E-state index >= 15 is 0 Å². The zero-order chi connectivity index (χ0) is 21.0. The number of aromatic nitrogens is 2. The molecule has 8 heteroatoms. The van der Waals surface area contributed by atoms with Crippen LogP contribution in [0.15, 0.2) is 48.7 Å². The number of pyridine rings is 1. The molecule has 2 aromatic heterocycles. The fourth-order valence-electron chi connectivity index (χ4n) is 2.77. The number of fused-ring (bicyclic) bond motifs is 1. The van der Waals surface area contributed by atoms with Crippen LogP contribution in [-0.2, 0) is 4.79 Å². The van der Waals surface area contributed by atoms with Crippen molar-refractivity contribution in [3.8, 4) is 0 Å². The van der Waals surface area contributed by atoms with Crippen LogP contribution >= 0.6 is 0 Å². The van der Waals surface area contributed by atoms with Crippen molar-refractivity contribution in [2.24, 2.45) is 5.92 Å². The summed E-state index contributed by atoms with van der Waals surface area (Å²) in [5, 5.41) is 8.27. The van der Waals surface area contributed by atoms with Gasteiger partial charge in [0.05, 0.1) is 5.52 Å². The number of carbonyl (C=O) groups excluding carboxylic acids is 3. The van der Waals surface area contributed by atoms with E-state index in [1.54, 1.807) is 53.1 Å². The SMILES string of the molecule is CC(=O)Nc1ccc(NC(=O)c2nc(C(=O)NCC(C)C)n3ccccc23)cc1. The second-order valence-electron chi connectivity index (χ2n) is 7.06. The van der Waals surface area contributed by atoms with E-state index in [0.29, 0.717) is 29.4 Å². The third-order valence-corrected chi connectivity index (χ3v) is 4.10. The number of hydrogen-bond acceptors (Lipinski definition) is 4.